The van der Waals surface area contributed by atoms with Crippen molar-refractivity contribution in [2.24, 2.45) is 0 Å². The summed E-state index contributed by atoms with van der Waals surface area (Å²) < 4.78 is 8.65. The van der Waals surface area contributed by atoms with Crippen molar-refractivity contribution < 1.29 is 4.42 Å². The zero-order valence-electron chi connectivity index (χ0n) is 21.7. The number of hydrogen-bond donors (Lipinski definition) is 0. The molecule has 0 unspecified atom stereocenters. The quantitative estimate of drug-likeness (QED) is 0.235. The maximum Gasteiger partial charge on any atom is 0.213 e. The van der Waals surface area contributed by atoms with E-state index in [1.54, 1.807) is 0 Å². The minimum atomic E-state index is 0.872. The molecule has 3 nitrogen and oxygen atoms in total. The average molecular weight is 513 g/mol. The first-order chi connectivity index (χ1) is 19.8. The monoisotopic (exact) mass is 512 g/mol. The van der Waals surface area contributed by atoms with Crippen molar-refractivity contribution in [3.05, 3.63) is 146 Å². The highest BCUT2D eigenvalue weighted by molar-refractivity contribution is 6.19. The van der Waals surface area contributed by atoms with Gasteiger partial charge in [-0.15, -0.1) is 0 Å². The third-order valence-electron chi connectivity index (χ3n) is 7.62. The summed E-state index contributed by atoms with van der Waals surface area (Å²) in [5.41, 5.74) is 10.4. The molecule has 0 amide bonds. The highest BCUT2D eigenvalue weighted by atomic mass is 16.3. The molecule has 0 radical (unpaired) electrons. The zero-order valence-corrected chi connectivity index (χ0v) is 21.7. The predicted octanol–water partition coefficient (Wildman–Crippen LogP) is 9.93. The normalized spacial score (nSPS) is 11.5. The highest BCUT2D eigenvalue weighted by Gasteiger charge is 2.19. The van der Waals surface area contributed by atoms with Crippen LogP contribution in [0.1, 0.15) is 0 Å². The first-order valence-corrected chi connectivity index (χ1v) is 13.5. The number of furan rings is 1. The van der Waals surface area contributed by atoms with Gasteiger partial charge in [-0.3, -0.25) is 4.57 Å². The Labute approximate surface area is 231 Å². The number of benzene rings is 5. The van der Waals surface area contributed by atoms with Gasteiger partial charge in [0.1, 0.15) is 5.58 Å². The molecule has 0 atom stereocenters. The molecule has 0 saturated heterocycles. The van der Waals surface area contributed by atoms with Gasteiger partial charge in [0, 0.05) is 27.6 Å². The molecule has 0 N–H and O–H groups in total. The first-order valence-electron chi connectivity index (χ1n) is 13.5. The number of para-hydroxylation sites is 2. The summed E-state index contributed by atoms with van der Waals surface area (Å²) in [5, 5.41) is 3.49. The molecule has 0 aliphatic rings. The van der Waals surface area contributed by atoms with E-state index in [9.17, 15) is 0 Å². The van der Waals surface area contributed by atoms with Crippen molar-refractivity contribution in [1.82, 2.24) is 9.55 Å². The fourth-order valence-corrected chi connectivity index (χ4v) is 5.71. The summed E-state index contributed by atoms with van der Waals surface area (Å²) >= 11 is 0. The summed E-state index contributed by atoms with van der Waals surface area (Å²) in [7, 11) is 0. The van der Waals surface area contributed by atoms with Gasteiger partial charge < -0.3 is 4.42 Å². The van der Waals surface area contributed by atoms with Crippen molar-refractivity contribution >= 4 is 33.0 Å². The van der Waals surface area contributed by atoms with E-state index < -0.39 is 0 Å². The molecular formula is C37H24N2O. The van der Waals surface area contributed by atoms with E-state index in [0.717, 1.165) is 66.9 Å². The summed E-state index contributed by atoms with van der Waals surface area (Å²) in [6, 6.07) is 50.6. The summed E-state index contributed by atoms with van der Waals surface area (Å²) in [4.78, 5) is 5.03. The summed E-state index contributed by atoms with van der Waals surface area (Å²) in [6.07, 6.45) is 0. The van der Waals surface area contributed by atoms with Gasteiger partial charge in [0.05, 0.1) is 22.3 Å². The Morgan fingerprint density at radius 3 is 1.73 bits per heavy atom. The minimum Gasteiger partial charge on any atom is -0.439 e. The Morgan fingerprint density at radius 2 is 1.05 bits per heavy atom. The molecule has 3 heteroatoms. The van der Waals surface area contributed by atoms with Crippen LogP contribution in [0.5, 0.6) is 0 Å². The van der Waals surface area contributed by atoms with Crippen LogP contribution in [-0.2, 0) is 0 Å². The highest BCUT2D eigenvalue weighted by Crippen LogP contribution is 2.39. The second kappa shape index (κ2) is 9.11. The number of pyridine rings is 1. The lowest BCUT2D eigenvalue weighted by Gasteiger charge is -2.11. The van der Waals surface area contributed by atoms with Crippen LogP contribution in [-0.4, -0.2) is 9.55 Å². The van der Waals surface area contributed by atoms with Crippen molar-refractivity contribution in [1.29, 1.82) is 0 Å². The van der Waals surface area contributed by atoms with E-state index in [1.807, 2.05) is 24.3 Å². The topological polar surface area (TPSA) is 31.0 Å². The largest absolute Gasteiger partial charge is 0.439 e. The Hall–Kier alpha value is -5.41. The Kier molecular flexibility index (Phi) is 5.14. The Morgan fingerprint density at radius 1 is 0.475 bits per heavy atom. The standard InChI is InChI=1S/C37H24N2O/c1-3-11-26(12-4-1)32-23-28(24-33(38-32)27-13-5-2-6-14-27)25-19-21-29(22-20-25)39-34-17-9-7-15-30(34)36-31-16-8-10-18-35(31)40-37(36)39/h1-24H. The van der Waals surface area contributed by atoms with Gasteiger partial charge in [-0.25, -0.2) is 4.98 Å². The summed E-state index contributed by atoms with van der Waals surface area (Å²) in [6.45, 7) is 0. The van der Waals surface area contributed by atoms with Gasteiger partial charge in [0.2, 0.25) is 5.71 Å². The molecule has 5 aromatic carbocycles. The third-order valence-corrected chi connectivity index (χ3v) is 7.62. The molecule has 3 aromatic heterocycles. The van der Waals surface area contributed by atoms with Crippen LogP contribution in [0.2, 0.25) is 0 Å². The molecule has 0 fully saturated rings. The van der Waals surface area contributed by atoms with Gasteiger partial charge in [-0.2, -0.15) is 0 Å². The maximum absolute atomic E-state index is 6.42. The van der Waals surface area contributed by atoms with Crippen LogP contribution >= 0.6 is 0 Å². The van der Waals surface area contributed by atoms with Crippen LogP contribution in [0.4, 0.5) is 0 Å². The minimum absolute atomic E-state index is 0.872. The smallest absolute Gasteiger partial charge is 0.213 e. The van der Waals surface area contributed by atoms with Gasteiger partial charge in [-0.1, -0.05) is 109 Å². The molecule has 0 aliphatic heterocycles. The lowest BCUT2D eigenvalue weighted by atomic mass is 10.00. The van der Waals surface area contributed by atoms with Crippen LogP contribution in [0.25, 0.3) is 72.3 Å². The Bertz CT molecular complexity index is 2080. The number of rotatable bonds is 4. The SMILES string of the molecule is c1ccc(-c2cc(-c3ccc(-n4c5ccccc5c5c6ccccc6oc54)cc3)cc(-c3ccccc3)n2)cc1. The van der Waals surface area contributed by atoms with E-state index >= 15 is 0 Å². The van der Waals surface area contributed by atoms with Gasteiger partial charge in [-0.05, 0) is 47.5 Å². The maximum atomic E-state index is 6.42. The molecule has 0 spiro atoms. The van der Waals surface area contributed by atoms with Gasteiger partial charge in [0.15, 0.2) is 0 Å². The van der Waals surface area contributed by atoms with Gasteiger partial charge >= 0.3 is 0 Å². The van der Waals surface area contributed by atoms with Crippen molar-refractivity contribution in [3.63, 3.8) is 0 Å². The molecule has 8 aromatic rings. The third kappa shape index (κ3) is 3.63. The summed E-state index contributed by atoms with van der Waals surface area (Å²) in [5.74, 6) is 0. The lowest BCUT2D eigenvalue weighted by Crippen LogP contribution is -1.94. The first kappa shape index (κ1) is 22.6. The molecule has 0 saturated carbocycles. The molecule has 40 heavy (non-hydrogen) atoms. The molecule has 3 heterocycles. The molecule has 8 rings (SSSR count). The molecule has 188 valence electrons. The van der Waals surface area contributed by atoms with Crippen LogP contribution in [0.3, 0.4) is 0 Å². The number of fused-ring (bicyclic) bond motifs is 5. The van der Waals surface area contributed by atoms with Crippen LogP contribution in [0, 0.1) is 0 Å². The second-order valence-corrected chi connectivity index (χ2v) is 10.0. The lowest BCUT2D eigenvalue weighted by molar-refractivity contribution is 0.645. The van der Waals surface area contributed by atoms with Gasteiger partial charge in [0.25, 0.3) is 0 Å². The number of aromatic nitrogens is 2. The zero-order chi connectivity index (χ0) is 26.5. The molecular weight excluding hydrogens is 488 g/mol. The van der Waals surface area contributed by atoms with E-state index in [1.165, 1.54) is 5.39 Å². The van der Waals surface area contributed by atoms with Crippen LogP contribution in [0.15, 0.2) is 150 Å². The Balaban J connectivity index is 1.28. The fourth-order valence-electron chi connectivity index (χ4n) is 5.71. The van der Waals surface area contributed by atoms with E-state index in [0.29, 0.717) is 0 Å². The van der Waals surface area contributed by atoms with E-state index in [2.05, 4.69) is 126 Å². The van der Waals surface area contributed by atoms with Crippen LogP contribution < -0.4 is 0 Å². The molecule has 0 aliphatic carbocycles. The number of hydrogen-bond acceptors (Lipinski definition) is 2. The van der Waals surface area contributed by atoms with E-state index in [-0.39, 0.29) is 0 Å². The van der Waals surface area contributed by atoms with Crippen molar-refractivity contribution in [2.45, 2.75) is 0 Å². The number of nitrogens with zero attached hydrogens (tertiary/aromatic N) is 2. The second-order valence-electron chi connectivity index (χ2n) is 10.0. The average Bonchev–Trinajstić information content (AvgIpc) is 3.56. The van der Waals surface area contributed by atoms with Crippen molar-refractivity contribution in [3.8, 4) is 39.3 Å². The van der Waals surface area contributed by atoms with Crippen molar-refractivity contribution in [2.75, 3.05) is 0 Å². The van der Waals surface area contributed by atoms with E-state index in [4.69, 9.17) is 9.40 Å². The predicted molar refractivity (Wildman–Crippen MR) is 165 cm³/mol. The fraction of sp³-hybridized carbons (Fsp3) is 0. The molecule has 0 bridgehead atoms.